The summed E-state index contributed by atoms with van der Waals surface area (Å²) < 4.78 is 53.7. The Hall–Kier alpha value is -5.88. The molecular formula is C47H53F3N8O7. The van der Waals surface area contributed by atoms with Gasteiger partial charge in [-0.05, 0) is 113 Å². The minimum absolute atomic E-state index is 0.0771. The van der Waals surface area contributed by atoms with Gasteiger partial charge >= 0.3 is 6.18 Å². The fraction of sp³-hybridized carbons (Fsp3) is 0.511. The maximum atomic E-state index is 13.5. The Kier molecular flexibility index (Phi) is 12.6. The van der Waals surface area contributed by atoms with Gasteiger partial charge in [0.2, 0.25) is 11.8 Å². The van der Waals surface area contributed by atoms with E-state index in [1.165, 1.54) is 13.2 Å². The summed E-state index contributed by atoms with van der Waals surface area (Å²) in [5.41, 5.74) is 0.660. The fourth-order valence-corrected chi connectivity index (χ4v) is 10.3. The van der Waals surface area contributed by atoms with Gasteiger partial charge in [0.15, 0.2) is 0 Å². The van der Waals surface area contributed by atoms with Crippen LogP contribution in [0.3, 0.4) is 0 Å². The highest BCUT2D eigenvalue weighted by Gasteiger charge is 2.46. The summed E-state index contributed by atoms with van der Waals surface area (Å²) in [7, 11) is 1.46. The van der Waals surface area contributed by atoms with Gasteiger partial charge in [0.25, 0.3) is 17.7 Å². The predicted molar refractivity (Wildman–Crippen MR) is 232 cm³/mol. The van der Waals surface area contributed by atoms with E-state index in [1.54, 1.807) is 30.3 Å². The molecule has 5 amide bonds. The van der Waals surface area contributed by atoms with Crippen LogP contribution in [0, 0.1) is 11.8 Å². The van der Waals surface area contributed by atoms with E-state index in [-0.39, 0.29) is 47.9 Å². The highest BCUT2D eigenvalue weighted by atomic mass is 19.4. The van der Waals surface area contributed by atoms with Gasteiger partial charge in [-0.3, -0.25) is 38.9 Å². The molecule has 2 aliphatic carbocycles. The van der Waals surface area contributed by atoms with Crippen LogP contribution in [0.5, 0.6) is 5.75 Å². The average molecular weight is 899 g/mol. The second-order valence-electron chi connectivity index (χ2n) is 18.1. The summed E-state index contributed by atoms with van der Waals surface area (Å²) in [5.74, 6) is -1.48. The number of rotatable bonds is 12. The Morgan fingerprint density at radius 2 is 1.57 bits per heavy atom. The van der Waals surface area contributed by atoms with E-state index in [9.17, 15) is 37.1 Å². The van der Waals surface area contributed by atoms with Gasteiger partial charge in [-0.15, -0.1) is 0 Å². The van der Waals surface area contributed by atoms with Crippen molar-refractivity contribution in [3.05, 3.63) is 77.2 Å². The van der Waals surface area contributed by atoms with Gasteiger partial charge in [-0.1, -0.05) is 12.1 Å². The van der Waals surface area contributed by atoms with Crippen LogP contribution in [0.4, 0.5) is 24.5 Å². The van der Waals surface area contributed by atoms with E-state index in [0.29, 0.717) is 41.0 Å². The SMILES string of the molecule is COc1cc2nn(C3CCC(CN4CCC(OC5CCC(CNc6cccc7c6C(=O)N(C6CCC(=O)NC6=O)C7=O)CC5)CC4)CC3)cc2cc1NC(=O)c1cccc(C(F)(F)F)n1. The lowest BCUT2D eigenvalue weighted by atomic mass is 9.85. The first-order chi connectivity index (χ1) is 31.3. The molecule has 9 rings (SSSR count). The predicted octanol–water partition coefficient (Wildman–Crippen LogP) is 7.00. The van der Waals surface area contributed by atoms with Crippen LogP contribution in [-0.4, -0.2) is 106 Å². The second kappa shape index (κ2) is 18.5. The third kappa shape index (κ3) is 9.60. The van der Waals surface area contributed by atoms with Crippen molar-refractivity contribution in [1.29, 1.82) is 0 Å². The van der Waals surface area contributed by atoms with E-state index >= 15 is 0 Å². The smallest absolute Gasteiger partial charge is 0.433 e. The standard InChI is InChI=1S/C47H53F3N8O7/c1-64-39-23-36-29(22-37(39)53-43(60)35-6-3-7-40(52-35)47(48,49)50)26-57(55-36)30-12-8-28(9-13-30)25-56-20-18-32(19-21-56)65-31-14-10-27(11-15-31)24-51-34-5-2-4-33-42(34)46(63)58(45(33)62)38-16-17-41(59)54-44(38)61/h2-7,22-23,26-28,30-32,38,51H,8-21,24-25H2,1H3,(H,53,60)(H,54,59,61). The van der Waals surface area contributed by atoms with Crippen molar-refractivity contribution >= 4 is 51.8 Å². The van der Waals surface area contributed by atoms with Gasteiger partial charge in [0.1, 0.15) is 23.2 Å². The number of methoxy groups -OCH3 is 1. The molecule has 2 saturated heterocycles. The first-order valence-electron chi connectivity index (χ1n) is 22.7. The normalized spacial score (nSPS) is 24.6. The van der Waals surface area contributed by atoms with Crippen molar-refractivity contribution in [2.45, 2.75) is 108 Å². The molecule has 65 heavy (non-hydrogen) atoms. The molecule has 2 aromatic carbocycles. The van der Waals surface area contributed by atoms with Crippen molar-refractivity contribution in [3.63, 3.8) is 0 Å². The Bertz CT molecular complexity index is 2470. The molecule has 2 aromatic heterocycles. The van der Waals surface area contributed by atoms with Gasteiger partial charge in [0, 0.05) is 55.9 Å². The van der Waals surface area contributed by atoms with Gasteiger partial charge in [0.05, 0.1) is 47.7 Å². The number of benzene rings is 2. The van der Waals surface area contributed by atoms with Crippen molar-refractivity contribution in [2.75, 3.05) is 43.9 Å². The molecule has 5 heterocycles. The minimum Gasteiger partial charge on any atom is -0.494 e. The number of fused-ring (bicyclic) bond motifs is 2. The molecule has 5 aliphatic rings. The Balaban J connectivity index is 0.694. The number of nitrogens with zero attached hydrogens (tertiary/aromatic N) is 5. The molecule has 18 heteroatoms. The van der Waals surface area contributed by atoms with Gasteiger partial charge in [-0.25, -0.2) is 4.98 Å². The molecule has 0 spiro atoms. The van der Waals surface area contributed by atoms with E-state index < -0.39 is 47.4 Å². The highest BCUT2D eigenvalue weighted by molar-refractivity contribution is 6.25. The number of piperidine rings is 2. The largest absolute Gasteiger partial charge is 0.494 e. The number of halogens is 3. The summed E-state index contributed by atoms with van der Waals surface area (Å²) in [6.07, 6.45) is 8.10. The summed E-state index contributed by atoms with van der Waals surface area (Å²) in [6, 6.07) is 11.0. The third-order valence-electron chi connectivity index (χ3n) is 13.8. The molecule has 15 nitrogen and oxygen atoms in total. The number of nitrogens with one attached hydrogen (secondary N) is 3. The van der Waals surface area contributed by atoms with Crippen LogP contribution < -0.4 is 20.7 Å². The van der Waals surface area contributed by atoms with E-state index in [2.05, 4.69) is 25.8 Å². The number of pyridine rings is 1. The number of hydrogen-bond donors (Lipinski definition) is 3. The zero-order valence-electron chi connectivity index (χ0n) is 36.2. The minimum atomic E-state index is -4.67. The number of carbonyl (C=O) groups excluding carboxylic acids is 5. The van der Waals surface area contributed by atoms with E-state index in [4.69, 9.17) is 14.6 Å². The lowest BCUT2D eigenvalue weighted by Crippen LogP contribution is -2.54. The fourth-order valence-electron chi connectivity index (χ4n) is 10.3. The third-order valence-corrected chi connectivity index (χ3v) is 13.8. The molecule has 0 bridgehead atoms. The molecule has 344 valence electrons. The quantitative estimate of drug-likeness (QED) is 0.125. The number of amides is 5. The number of anilines is 2. The summed E-state index contributed by atoms with van der Waals surface area (Å²) in [5, 5.41) is 14.0. The number of aromatic nitrogens is 3. The summed E-state index contributed by atoms with van der Waals surface area (Å²) in [6.45, 7) is 3.76. The number of likely N-dealkylation sites (tertiary alicyclic amines) is 1. The molecule has 3 N–H and O–H groups in total. The Morgan fingerprint density at radius 3 is 2.29 bits per heavy atom. The number of alkyl halides is 3. The zero-order valence-corrected chi connectivity index (χ0v) is 36.2. The van der Waals surface area contributed by atoms with Crippen molar-refractivity contribution in [3.8, 4) is 5.75 Å². The van der Waals surface area contributed by atoms with Crippen LogP contribution >= 0.6 is 0 Å². The van der Waals surface area contributed by atoms with Gasteiger partial charge in [-0.2, -0.15) is 18.3 Å². The molecule has 0 radical (unpaired) electrons. The van der Waals surface area contributed by atoms with E-state index in [0.717, 1.165) is 106 Å². The van der Waals surface area contributed by atoms with E-state index in [1.807, 2.05) is 10.9 Å². The van der Waals surface area contributed by atoms with Crippen molar-refractivity contribution < 1.29 is 46.6 Å². The number of carbonyl (C=O) groups is 5. The topological polar surface area (TPSA) is 177 Å². The maximum absolute atomic E-state index is 13.5. The first-order valence-corrected chi connectivity index (χ1v) is 22.7. The Labute approximate surface area is 373 Å². The first kappa shape index (κ1) is 44.3. The maximum Gasteiger partial charge on any atom is 0.433 e. The monoisotopic (exact) mass is 898 g/mol. The van der Waals surface area contributed by atoms with Crippen molar-refractivity contribution in [2.24, 2.45) is 11.8 Å². The lowest BCUT2D eigenvalue weighted by Gasteiger charge is -2.38. The highest BCUT2D eigenvalue weighted by Crippen LogP contribution is 2.38. The Morgan fingerprint density at radius 1 is 0.846 bits per heavy atom. The zero-order chi connectivity index (χ0) is 45.4. The van der Waals surface area contributed by atoms with Crippen LogP contribution in [0.2, 0.25) is 0 Å². The van der Waals surface area contributed by atoms with Crippen molar-refractivity contribution in [1.82, 2.24) is 29.9 Å². The molecule has 4 aromatic rings. The average Bonchev–Trinajstić information content (AvgIpc) is 3.83. The number of imide groups is 2. The number of ether oxygens (including phenoxy) is 2. The molecule has 2 saturated carbocycles. The molecule has 4 fully saturated rings. The van der Waals surface area contributed by atoms with Crippen LogP contribution in [0.15, 0.2) is 54.7 Å². The van der Waals surface area contributed by atoms with Crippen LogP contribution in [-0.2, 0) is 20.5 Å². The summed E-state index contributed by atoms with van der Waals surface area (Å²) >= 11 is 0. The summed E-state index contributed by atoms with van der Waals surface area (Å²) in [4.78, 5) is 70.9. The molecule has 3 aliphatic heterocycles. The molecule has 1 atom stereocenters. The molecular weight excluding hydrogens is 846 g/mol. The lowest BCUT2D eigenvalue weighted by molar-refractivity contribution is -0.141. The van der Waals surface area contributed by atoms with Crippen LogP contribution in [0.25, 0.3) is 10.9 Å². The second-order valence-corrected chi connectivity index (χ2v) is 18.1. The number of hydrogen-bond acceptors (Lipinski definition) is 11. The van der Waals surface area contributed by atoms with Gasteiger partial charge < -0.3 is 25.0 Å². The molecule has 1 unspecified atom stereocenters. The van der Waals surface area contributed by atoms with Crippen LogP contribution in [0.1, 0.15) is 120 Å².